The Labute approximate surface area is 113 Å². The first-order valence-electron chi connectivity index (χ1n) is 6.03. The number of rotatable bonds is 3. The van der Waals surface area contributed by atoms with Crippen LogP contribution in [0, 0.1) is 0 Å². The number of halogens is 1. The van der Waals surface area contributed by atoms with Gasteiger partial charge in [0, 0.05) is 19.6 Å². The van der Waals surface area contributed by atoms with E-state index in [-0.39, 0.29) is 11.9 Å². The number of nitrogens with zero attached hydrogens (tertiary/aromatic N) is 2. The van der Waals surface area contributed by atoms with Gasteiger partial charge >= 0.3 is 0 Å². The van der Waals surface area contributed by atoms with Crippen LogP contribution in [-0.4, -0.2) is 50.6 Å². The number of amides is 1. The Morgan fingerprint density at radius 2 is 2.17 bits per heavy atom. The van der Waals surface area contributed by atoms with Crippen LogP contribution >= 0.6 is 11.6 Å². The fraction of sp³-hybridized carbons (Fsp3) is 0.462. The first kappa shape index (κ1) is 13.3. The molecule has 1 aromatic carbocycles. The minimum absolute atomic E-state index is 0.0862. The molecule has 5 heteroatoms. The van der Waals surface area contributed by atoms with Crippen molar-refractivity contribution in [2.75, 3.05) is 38.6 Å². The maximum Gasteiger partial charge on any atom is 0.245 e. The molecule has 1 saturated heterocycles. The number of para-hydroxylation sites is 1. The summed E-state index contributed by atoms with van der Waals surface area (Å²) in [6.07, 6.45) is 0. The van der Waals surface area contributed by atoms with E-state index in [0.717, 1.165) is 12.2 Å². The van der Waals surface area contributed by atoms with E-state index < -0.39 is 0 Å². The monoisotopic (exact) mass is 267 g/mol. The molecule has 1 atom stereocenters. The van der Waals surface area contributed by atoms with Crippen molar-refractivity contribution in [1.29, 1.82) is 0 Å². The highest BCUT2D eigenvalue weighted by molar-refractivity contribution is 6.33. The van der Waals surface area contributed by atoms with Crippen molar-refractivity contribution in [2.24, 2.45) is 0 Å². The molecule has 1 aromatic rings. The van der Waals surface area contributed by atoms with Crippen LogP contribution in [0.1, 0.15) is 0 Å². The summed E-state index contributed by atoms with van der Waals surface area (Å²) in [5, 5.41) is 3.87. The lowest BCUT2D eigenvalue weighted by Crippen LogP contribution is -2.58. The van der Waals surface area contributed by atoms with Crippen LogP contribution in [0.15, 0.2) is 24.3 Å². The van der Waals surface area contributed by atoms with Gasteiger partial charge in [-0.3, -0.25) is 4.79 Å². The zero-order valence-electron chi connectivity index (χ0n) is 10.7. The Morgan fingerprint density at radius 1 is 1.44 bits per heavy atom. The largest absolute Gasteiger partial charge is 0.308 e. The Bertz CT molecular complexity index is 436. The van der Waals surface area contributed by atoms with Crippen molar-refractivity contribution in [2.45, 2.75) is 6.04 Å². The minimum atomic E-state index is -0.162. The maximum absolute atomic E-state index is 12.4. The fourth-order valence-electron chi connectivity index (χ4n) is 2.15. The molecule has 0 spiro atoms. The number of anilines is 1. The Balaban J connectivity index is 2.19. The standard InChI is InChI=1S/C13H18ClN3O/c1-16(2)9-11-13(18)17(8-7-15-11)12-6-4-3-5-10(12)14/h3-6,11,15H,7-9H2,1-2H3. The molecule has 18 heavy (non-hydrogen) atoms. The molecule has 1 fully saturated rings. The number of carbonyl (C=O) groups is 1. The highest BCUT2D eigenvalue weighted by Gasteiger charge is 2.30. The van der Waals surface area contributed by atoms with E-state index in [1.54, 1.807) is 4.90 Å². The lowest BCUT2D eigenvalue weighted by molar-refractivity contribution is -0.121. The second-order valence-electron chi connectivity index (χ2n) is 4.71. The molecule has 0 aromatic heterocycles. The van der Waals surface area contributed by atoms with Gasteiger partial charge in [0.1, 0.15) is 6.04 Å². The van der Waals surface area contributed by atoms with E-state index in [9.17, 15) is 4.79 Å². The van der Waals surface area contributed by atoms with Crippen molar-refractivity contribution < 1.29 is 4.79 Å². The van der Waals surface area contributed by atoms with Gasteiger partial charge in [-0.15, -0.1) is 0 Å². The molecular formula is C13H18ClN3O. The smallest absolute Gasteiger partial charge is 0.245 e. The van der Waals surface area contributed by atoms with Gasteiger partial charge in [0.05, 0.1) is 10.7 Å². The first-order valence-corrected chi connectivity index (χ1v) is 6.41. The summed E-state index contributed by atoms with van der Waals surface area (Å²) >= 11 is 6.15. The molecule has 1 aliphatic rings. The molecule has 1 unspecified atom stereocenters. The predicted octanol–water partition coefficient (Wildman–Crippen LogP) is 1.21. The molecular weight excluding hydrogens is 250 g/mol. The van der Waals surface area contributed by atoms with Gasteiger partial charge in [-0.25, -0.2) is 0 Å². The van der Waals surface area contributed by atoms with Gasteiger partial charge in [0.2, 0.25) is 5.91 Å². The van der Waals surface area contributed by atoms with Crippen molar-refractivity contribution in [3.8, 4) is 0 Å². The van der Waals surface area contributed by atoms with Crippen molar-refractivity contribution in [3.63, 3.8) is 0 Å². The molecule has 2 rings (SSSR count). The zero-order chi connectivity index (χ0) is 13.1. The van der Waals surface area contributed by atoms with Gasteiger partial charge in [0.25, 0.3) is 0 Å². The molecule has 1 heterocycles. The molecule has 0 radical (unpaired) electrons. The normalized spacial score (nSPS) is 20.6. The van der Waals surface area contributed by atoms with Crippen LogP contribution in [0.25, 0.3) is 0 Å². The van der Waals surface area contributed by atoms with E-state index in [0.29, 0.717) is 18.1 Å². The third-order valence-corrected chi connectivity index (χ3v) is 3.30. The number of likely N-dealkylation sites (N-methyl/N-ethyl adjacent to an activating group) is 1. The van der Waals surface area contributed by atoms with E-state index in [2.05, 4.69) is 5.32 Å². The third-order valence-electron chi connectivity index (χ3n) is 2.98. The van der Waals surface area contributed by atoms with Gasteiger partial charge in [-0.05, 0) is 26.2 Å². The van der Waals surface area contributed by atoms with Gasteiger partial charge in [-0.1, -0.05) is 23.7 Å². The van der Waals surface area contributed by atoms with Crippen molar-refractivity contribution in [3.05, 3.63) is 29.3 Å². The predicted molar refractivity (Wildman–Crippen MR) is 74.1 cm³/mol. The average molecular weight is 268 g/mol. The molecule has 0 aliphatic carbocycles. The van der Waals surface area contributed by atoms with Crippen LogP contribution < -0.4 is 10.2 Å². The highest BCUT2D eigenvalue weighted by Crippen LogP contribution is 2.26. The van der Waals surface area contributed by atoms with E-state index in [1.165, 1.54) is 0 Å². The topological polar surface area (TPSA) is 35.6 Å². The lowest BCUT2D eigenvalue weighted by atomic mass is 10.1. The first-order chi connectivity index (χ1) is 8.59. The summed E-state index contributed by atoms with van der Waals surface area (Å²) in [5.74, 6) is 0.0862. The summed E-state index contributed by atoms with van der Waals surface area (Å²) in [4.78, 5) is 16.2. The van der Waals surface area contributed by atoms with E-state index >= 15 is 0 Å². The second kappa shape index (κ2) is 5.69. The summed E-state index contributed by atoms with van der Waals surface area (Å²) < 4.78 is 0. The van der Waals surface area contributed by atoms with Crippen molar-refractivity contribution >= 4 is 23.2 Å². The Morgan fingerprint density at radius 3 is 2.83 bits per heavy atom. The van der Waals surface area contributed by atoms with Crippen LogP contribution in [0.4, 0.5) is 5.69 Å². The minimum Gasteiger partial charge on any atom is -0.308 e. The SMILES string of the molecule is CN(C)CC1NCCN(c2ccccc2Cl)C1=O. The number of piperazine rings is 1. The van der Waals surface area contributed by atoms with Crippen LogP contribution in [-0.2, 0) is 4.79 Å². The Kier molecular flexibility index (Phi) is 4.22. The number of hydrogen-bond acceptors (Lipinski definition) is 3. The summed E-state index contributed by atoms with van der Waals surface area (Å²) in [7, 11) is 3.92. The van der Waals surface area contributed by atoms with Crippen molar-refractivity contribution in [1.82, 2.24) is 10.2 Å². The summed E-state index contributed by atoms with van der Waals surface area (Å²) in [5.41, 5.74) is 0.800. The molecule has 1 aliphatic heterocycles. The molecule has 0 bridgehead atoms. The number of benzene rings is 1. The zero-order valence-corrected chi connectivity index (χ0v) is 11.4. The third kappa shape index (κ3) is 2.83. The van der Waals surface area contributed by atoms with E-state index in [4.69, 9.17) is 11.6 Å². The van der Waals surface area contributed by atoms with Gasteiger partial charge in [0.15, 0.2) is 0 Å². The summed E-state index contributed by atoms with van der Waals surface area (Å²) in [6.45, 7) is 2.14. The van der Waals surface area contributed by atoms with Crippen LogP contribution in [0.2, 0.25) is 5.02 Å². The summed E-state index contributed by atoms with van der Waals surface area (Å²) in [6, 6.07) is 7.31. The maximum atomic E-state index is 12.4. The quantitative estimate of drug-likeness (QED) is 0.894. The number of nitrogens with one attached hydrogen (secondary N) is 1. The number of carbonyl (C=O) groups excluding carboxylic acids is 1. The van der Waals surface area contributed by atoms with E-state index in [1.807, 2.05) is 43.3 Å². The molecule has 0 saturated carbocycles. The number of hydrogen-bond donors (Lipinski definition) is 1. The fourth-order valence-corrected chi connectivity index (χ4v) is 2.39. The Hall–Kier alpha value is -1.10. The average Bonchev–Trinajstić information content (AvgIpc) is 2.32. The van der Waals surface area contributed by atoms with Gasteiger partial charge in [-0.2, -0.15) is 0 Å². The highest BCUT2D eigenvalue weighted by atomic mass is 35.5. The van der Waals surface area contributed by atoms with Crippen LogP contribution in [0.5, 0.6) is 0 Å². The van der Waals surface area contributed by atoms with Crippen LogP contribution in [0.3, 0.4) is 0 Å². The molecule has 1 N–H and O–H groups in total. The lowest BCUT2D eigenvalue weighted by Gasteiger charge is -2.34. The molecule has 98 valence electrons. The van der Waals surface area contributed by atoms with Gasteiger partial charge < -0.3 is 15.1 Å². The molecule has 1 amide bonds. The molecule has 4 nitrogen and oxygen atoms in total. The second-order valence-corrected chi connectivity index (χ2v) is 5.12.